The van der Waals surface area contributed by atoms with Gasteiger partial charge in [0.05, 0.1) is 6.21 Å². The average molecular weight is 161 g/mol. The van der Waals surface area contributed by atoms with Crippen LogP contribution in [-0.2, 0) is 0 Å². The SMILES string of the molecule is CC[N+]1(CC)C=CC=N1.[Cl-]. The van der Waals surface area contributed by atoms with Crippen LogP contribution < -0.4 is 12.4 Å². The Morgan fingerprint density at radius 3 is 2.10 bits per heavy atom. The molecule has 0 fully saturated rings. The van der Waals surface area contributed by atoms with Crippen molar-refractivity contribution in [1.29, 1.82) is 0 Å². The molecule has 0 bridgehead atoms. The number of hydrogen-bond donors (Lipinski definition) is 0. The Kier molecular flexibility index (Phi) is 3.61. The molecule has 0 saturated carbocycles. The van der Waals surface area contributed by atoms with Crippen LogP contribution in [0.3, 0.4) is 0 Å². The molecular formula is C7H13ClN2. The highest BCUT2D eigenvalue weighted by molar-refractivity contribution is 5.71. The van der Waals surface area contributed by atoms with Gasteiger partial charge in [0, 0.05) is 6.08 Å². The second-order valence-electron chi connectivity index (χ2n) is 2.23. The Morgan fingerprint density at radius 2 is 1.90 bits per heavy atom. The summed E-state index contributed by atoms with van der Waals surface area (Å²) in [5, 5.41) is 4.31. The van der Waals surface area contributed by atoms with Gasteiger partial charge in [0.2, 0.25) is 0 Å². The van der Waals surface area contributed by atoms with Crippen molar-refractivity contribution in [2.75, 3.05) is 13.1 Å². The van der Waals surface area contributed by atoms with Crippen molar-refractivity contribution < 1.29 is 17.0 Å². The van der Waals surface area contributed by atoms with Crippen molar-refractivity contribution in [2.45, 2.75) is 13.8 Å². The van der Waals surface area contributed by atoms with E-state index in [-0.39, 0.29) is 12.4 Å². The zero-order valence-corrected chi connectivity index (χ0v) is 7.17. The van der Waals surface area contributed by atoms with Gasteiger partial charge in [0.1, 0.15) is 19.3 Å². The van der Waals surface area contributed by atoms with E-state index < -0.39 is 0 Å². The van der Waals surface area contributed by atoms with E-state index in [1.807, 2.05) is 12.3 Å². The second-order valence-corrected chi connectivity index (χ2v) is 2.23. The Bertz CT molecular complexity index is 134. The van der Waals surface area contributed by atoms with Crippen molar-refractivity contribution in [3.63, 3.8) is 0 Å². The molecule has 3 heteroatoms. The molecule has 0 aromatic carbocycles. The molecule has 0 unspecified atom stereocenters. The molecule has 1 heterocycles. The maximum absolute atomic E-state index is 4.31. The Labute approximate surface area is 68.2 Å². The smallest absolute Gasteiger partial charge is 0.124 e. The Hall–Kier alpha value is -0.340. The summed E-state index contributed by atoms with van der Waals surface area (Å²) < 4.78 is 0.778. The largest absolute Gasteiger partial charge is 1.00 e. The minimum absolute atomic E-state index is 0. The average Bonchev–Trinajstić information content (AvgIpc) is 2.36. The maximum Gasteiger partial charge on any atom is 0.124 e. The molecule has 58 valence electrons. The van der Waals surface area contributed by atoms with Crippen LogP contribution in [-0.4, -0.2) is 23.9 Å². The molecule has 0 N–H and O–H groups in total. The summed E-state index contributed by atoms with van der Waals surface area (Å²) in [4.78, 5) is 0. The first-order valence-electron chi connectivity index (χ1n) is 3.43. The quantitative estimate of drug-likeness (QED) is 0.430. The number of rotatable bonds is 2. The molecule has 0 radical (unpaired) electrons. The van der Waals surface area contributed by atoms with E-state index in [0.717, 1.165) is 17.7 Å². The van der Waals surface area contributed by atoms with Gasteiger partial charge in [-0.05, 0) is 13.8 Å². The predicted octanol–water partition coefficient (Wildman–Crippen LogP) is -1.64. The summed E-state index contributed by atoms with van der Waals surface area (Å²) in [6.45, 7) is 6.42. The minimum atomic E-state index is 0. The number of allylic oxidation sites excluding steroid dienone is 1. The monoisotopic (exact) mass is 160 g/mol. The van der Waals surface area contributed by atoms with E-state index in [4.69, 9.17) is 0 Å². The van der Waals surface area contributed by atoms with Crippen LogP contribution in [0.2, 0.25) is 0 Å². The normalized spacial score (nSPS) is 19.0. The third kappa shape index (κ3) is 1.58. The van der Waals surface area contributed by atoms with E-state index in [0.29, 0.717) is 0 Å². The Balaban J connectivity index is 0.000000810. The first-order chi connectivity index (χ1) is 4.33. The van der Waals surface area contributed by atoms with Gasteiger partial charge >= 0.3 is 0 Å². The summed E-state index contributed by atoms with van der Waals surface area (Å²) in [5.41, 5.74) is 0. The van der Waals surface area contributed by atoms with Crippen LogP contribution >= 0.6 is 0 Å². The minimum Gasteiger partial charge on any atom is -1.00 e. The maximum atomic E-state index is 4.31. The zero-order valence-electron chi connectivity index (χ0n) is 6.42. The molecular weight excluding hydrogens is 148 g/mol. The van der Waals surface area contributed by atoms with Gasteiger partial charge in [-0.1, -0.05) is 5.10 Å². The topological polar surface area (TPSA) is 12.4 Å². The van der Waals surface area contributed by atoms with Gasteiger partial charge in [-0.3, -0.25) is 0 Å². The van der Waals surface area contributed by atoms with Crippen molar-refractivity contribution in [3.8, 4) is 0 Å². The number of hydrogen-bond acceptors (Lipinski definition) is 1. The van der Waals surface area contributed by atoms with Crippen LogP contribution in [0.4, 0.5) is 0 Å². The molecule has 0 atom stereocenters. The predicted molar refractivity (Wildman–Crippen MR) is 39.0 cm³/mol. The summed E-state index contributed by atoms with van der Waals surface area (Å²) in [6, 6.07) is 0. The molecule has 2 nitrogen and oxygen atoms in total. The molecule has 1 aliphatic heterocycles. The molecule has 0 aromatic heterocycles. The van der Waals surface area contributed by atoms with E-state index in [1.54, 1.807) is 0 Å². The molecule has 10 heavy (non-hydrogen) atoms. The highest BCUT2D eigenvalue weighted by Crippen LogP contribution is 2.11. The fourth-order valence-electron chi connectivity index (χ4n) is 1.01. The van der Waals surface area contributed by atoms with Gasteiger partial charge in [-0.2, -0.15) is 4.59 Å². The van der Waals surface area contributed by atoms with E-state index in [9.17, 15) is 0 Å². The molecule has 0 aromatic rings. The lowest BCUT2D eigenvalue weighted by Crippen LogP contribution is -3.00. The van der Waals surface area contributed by atoms with Crippen LogP contribution in [0.15, 0.2) is 17.4 Å². The van der Waals surface area contributed by atoms with Crippen molar-refractivity contribution in [3.05, 3.63) is 12.3 Å². The van der Waals surface area contributed by atoms with Gasteiger partial charge < -0.3 is 12.4 Å². The lowest BCUT2D eigenvalue weighted by atomic mass is 10.5. The molecule has 0 saturated heterocycles. The number of nitrogens with zero attached hydrogens (tertiary/aromatic N) is 2. The summed E-state index contributed by atoms with van der Waals surface area (Å²) in [7, 11) is 0. The number of quaternary nitrogens is 1. The molecule has 0 amide bonds. The van der Waals surface area contributed by atoms with Crippen LogP contribution in [0, 0.1) is 0 Å². The first-order valence-corrected chi connectivity index (χ1v) is 3.43. The molecule has 0 spiro atoms. The zero-order chi connectivity index (χ0) is 6.74. The van der Waals surface area contributed by atoms with Crippen molar-refractivity contribution in [2.24, 2.45) is 5.10 Å². The van der Waals surface area contributed by atoms with E-state index in [1.165, 1.54) is 0 Å². The molecule has 1 rings (SSSR count). The fraction of sp³-hybridized carbons (Fsp3) is 0.571. The third-order valence-corrected chi connectivity index (χ3v) is 1.84. The molecule has 1 aliphatic rings. The molecule has 0 aliphatic carbocycles. The summed E-state index contributed by atoms with van der Waals surface area (Å²) in [5.74, 6) is 0. The lowest BCUT2D eigenvalue weighted by Gasteiger charge is -2.21. The van der Waals surface area contributed by atoms with E-state index >= 15 is 0 Å². The summed E-state index contributed by atoms with van der Waals surface area (Å²) >= 11 is 0. The van der Waals surface area contributed by atoms with E-state index in [2.05, 4.69) is 25.1 Å². The standard InChI is InChI=1S/C7H13N2.ClH/c1-3-9(4-2)7-5-6-8-9;/h5-7H,3-4H2,1-2H3;1H/q+1;/p-1. The highest BCUT2D eigenvalue weighted by Gasteiger charge is 2.20. The van der Waals surface area contributed by atoms with Gasteiger partial charge in [0.25, 0.3) is 0 Å². The van der Waals surface area contributed by atoms with Gasteiger partial charge in [-0.25, -0.2) is 0 Å². The van der Waals surface area contributed by atoms with Crippen LogP contribution in [0.25, 0.3) is 0 Å². The van der Waals surface area contributed by atoms with Crippen LogP contribution in [0.1, 0.15) is 13.8 Å². The van der Waals surface area contributed by atoms with Gasteiger partial charge in [-0.15, -0.1) is 0 Å². The Morgan fingerprint density at radius 1 is 1.30 bits per heavy atom. The second kappa shape index (κ2) is 3.74. The van der Waals surface area contributed by atoms with Crippen molar-refractivity contribution >= 4 is 6.21 Å². The highest BCUT2D eigenvalue weighted by atomic mass is 35.5. The van der Waals surface area contributed by atoms with Crippen molar-refractivity contribution in [1.82, 2.24) is 0 Å². The lowest BCUT2D eigenvalue weighted by molar-refractivity contribution is -0.880. The summed E-state index contributed by atoms with van der Waals surface area (Å²) in [6.07, 6.45) is 6.00. The third-order valence-electron chi connectivity index (χ3n) is 1.84. The first kappa shape index (κ1) is 9.66. The number of halogens is 1. The van der Waals surface area contributed by atoms with Gasteiger partial charge in [0.15, 0.2) is 0 Å². The van der Waals surface area contributed by atoms with Crippen LogP contribution in [0.5, 0.6) is 0 Å². The fourth-order valence-corrected chi connectivity index (χ4v) is 1.01.